The van der Waals surface area contributed by atoms with Crippen molar-refractivity contribution in [1.29, 1.82) is 0 Å². The Bertz CT molecular complexity index is 1040. The Hall–Kier alpha value is -2.51. The molecule has 0 spiro atoms. The maximum atomic E-state index is 10.3. The molecule has 7 heteroatoms. The van der Waals surface area contributed by atoms with Gasteiger partial charge in [-0.25, -0.2) is 4.98 Å². The number of phenolic OH excluding ortho intramolecular Hbond substituents is 1. The minimum Gasteiger partial charge on any atom is -0.507 e. The third kappa shape index (κ3) is 3.17. The molecule has 1 fully saturated rings. The number of pyridine rings is 1. The Balaban J connectivity index is 1.37. The van der Waals surface area contributed by atoms with E-state index in [0.29, 0.717) is 22.7 Å². The van der Waals surface area contributed by atoms with Gasteiger partial charge in [-0.2, -0.15) is 0 Å². The first-order chi connectivity index (χ1) is 13.1. The first-order valence-corrected chi connectivity index (χ1v) is 9.86. The molecule has 0 amide bonds. The fraction of sp³-hybridized carbons (Fsp3) is 0.300. The molecule has 3 aromatic rings. The first kappa shape index (κ1) is 16.6. The molecule has 0 aliphatic carbocycles. The zero-order valence-corrected chi connectivity index (χ0v) is 15.6. The topological polar surface area (TPSA) is 83.8 Å². The summed E-state index contributed by atoms with van der Waals surface area (Å²) in [5, 5.41) is 25.7. The molecule has 4 heterocycles. The molecule has 5 rings (SSSR count). The third-order valence-corrected chi connectivity index (χ3v) is 6.33. The van der Waals surface area contributed by atoms with E-state index in [9.17, 15) is 5.11 Å². The van der Waals surface area contributed by atoms with Crippen LogP contribution in [0.15, 0.2) is 54.0 Å². The SMILES string of the molecule is C[C@]12C=CC(C[C@@H](Sc3cnc(-c4cc5ccncc5cc4O)nn3)C1)N2. The molecule has 1 unspecified atom stereocenters. The number of rotatable bonds is 3. The Kier molecular flexibility index (Phi) is 3.87. The Morgan fingerprint density at radius 2 is 2.15 bits per heavy atom. The van der Waals surface area contributed by atoms with Crippen molar-refractivity contribution >= 4 is 22.5 Å². The van der Waals surface area contributed by atoms with E-state index in [0.717, 1.165) is 28.6 Å². The van der Waals surface area contributed by atoms with Gasteiger partial charge in [0, 0.05) is 34.6 Å². The zero-order chi connectivity index (χ0) is 18.4. The van der Waals surface area contributed by atoms with Crippen molar-refractivity contribution in [3.05, 3.63) is 48.9 Å². The molecule has 6 nitrogen and oxygen atoms in total. The maximum absolute atomic E-state index is 10.3. The van der Waals surface area contributed by atoms with Gasteiger partial charge in [0.05, 0.1) is 11.8 Å². The highest BCUT2D eigenvalue weighted by Gasteiger charge is 2.38. The minimum atomic E-state index is 0.0904. The van der Waals surface area contributed by atoms with Gasteiger partial charge in [0.2, 0.25) is 0 Å². The van der Waals surface area contributed by atoms with Gasteiger partial charge in [0.1, 0.15) is 10.8 Å². The fourth-order valence-corrected chi connectivity index (χ4v) is 5.23. The predicted molar refractivity (Wildman–Crippen MR) is 106 cm³/mol. The van der Waals surface area contributed by atoms with Crippen LogP contribution in [0.2, 0.25) is 0 Å². The summed E-state index contributed by atoms with van der Waals surface area (Å²) < 4.78 is 0. The van der Waals surface area contributed by atoms with Gasteiger partial charge in [-0.15, -0.1) is 10.2 Å². The van der Waals surface area contributed by atoms with E-state index in [2.05, 4.69) is 44.6 Å². The van der Waals surface area contributed by atoms with Crippen LogP contribution in [0, 0.1) is 0 Å². The van der Waals surface area contributed by atoms with Crippen LogP contribution in [0.5, 0.6) is 5.75 Å². The lowest BCUT2D eigenvalue weighted by Crippen LogP contribution is -2.48. The number of benzene rings is 1. The van der Waals surface area contributed by atoms with Crippen molar-refractivity contribution < 1.29 is 5.11 Å². The van der Waals surface area contributed by atoms with E-state index in [-0.39, 0.29) is 11.3 Å². The van der Waals surface area contributed by atoms with Crippen LogP contribution in [-0.4, -0.2) is 42.1 Å². The molecule has 1 saturated heterocycles. The van der Waals surface area contributed by atoms with E-state index in [1.165, 1.54) is 0 Å². The number of nitrogens with zero attached hydrogens (tertiary/aromatic N) is 4. The molecule has 2 aliphatic heterocycles. The molecule has 1 aromatic carbocycles. The van der Waals surface area contributed by atoms with E-state index < -0.39 is 0 Å². The van der Waals surface area contributed by atoms with Crippen molar-refractivity contribution in [2.24, 2.45) is 0 Å². The summed E-state index contributed by atoms with van der Waals surface area (Å²) in [4.78, 5) is 8.53. The molecule has 0 radical (unpaired) electrons. The summed E-state index contributed by atoms with van der Waals surface area (Å²) in [5.74, 6) is 0.557. The lowest BCUT2D eigenvalue weighted by molar-refractivity contribution is 0.335. The second-order valence-electron chi connectivity index (χ2n) is 7.42. The van der Waals surface area contributed by atoms with E-state index in [1.807, 2.05) is 12.1 Å². The molecule has 2 N–H and O–H groups in total. The van der Waals surface area contributed by atoms with Crippen molar-refractivity contribution in [1.82, 2.24) is 25.5 Å². The summed E-state index contributed by atoms with van der Waals surface area (Å²) in [6, 6.07) is 5.90. The van der Waals surface area contributed by atoms with Crippen molar-refractivity contribution in [3.63, 3.8) is 0 Å². The molecular weight excluding hydrogens is 358 g/mol. The average Bonchev–Trinajstić information content (AvgIpc) is 2.94. The molecule has 3 atom stereocenters. The van der Waals surface area contributed by atoms with Gasteiger partial charge < -0.3 is 10.4 Å². The summed E-state index contributed by atoms with van der Waals surface area (Å²) in [6.45, 7) is 2.24. The first-order valence-electron chi connectivity index (χ1n) is 8.99. The Morgan fingerprint density at radius 3 is 2.96 bits per heavy atom. The van der Waals surface area contributed by atoms with Gasteiger partial charge in [0.25, 0.3) is 0 Å². The monoisotopic (exact) mass is 377 g/mol. The van der Waals surface area contributed by atoms with E-state index >= 15 is 0 Å². The van der Waals surface area contributed by atoms with Gasteiger partial charge in [-0.05, 0) is 43.4 Å². The van der Waals surface area contributed by atoms with Crippen LogP contribution in [0.25, 0.3) is 22.2 Å². The summed E-state index contributed by atoms with van der Waals surface area (Å²) in [5.41, 5.74) is 0.669. The number of piperidine rings is 1. The van der Waals surface area contributed by atoms with Crippen LogP contribution in [0.3, 0.4) is 0 Å². The van der Waals surface area contributed by atoms with Crippen LogP contribution >= 0.6 is 11.8 Å². The summed E-state index contributed by atoms with van der Waals surface area (Å²) >= 11 is 1.73. The zero-order valence-electron chi connectivity index (χ0n) is 14.8. The lowest BCUT2D eigenvalue weighted by atomic mass is 9.93. The molecule has 0 saturated carbocycles. The average molecular weight is 377 g/mol. The predicted octanol–water partition coefficient (Wildman–Crippen LogP) is 3.33. The van der Waals surface area contributed by atoms with Crippen LogP contribution < -0.4 is 5.32 Å². The quantitative estimate of drug-likeness (QED) is 0.677. The summed E-state index contributed by atoms with van der Waals surface area (Å²) in [6.07, 6.45) is 11.9. The minimum absolute atomic E-state index is 0.0904. The van der Waals surface area contributed by atoms with Gasteiger partial charge in [-0.1, -0.05) is 23.9 Å². The largest absolute Gasteiger partial charge is 0.507 e. The molecule has 136 valence electrons. The molecule has 2 bridgehead atoms. The van der Waals surface area contributed by atoms with Gasteiger partial charge in [-0.3, -0.25) is 4.98 Å². The Morgan fingerprint density at radius 1 is 1.22 bits per heavy atom. The number of aromatic nitrogens is 4. The van der Waals surface area contributed by atoms with Crippen molar-refractivity contribution in [3.8, 4) is 17.1 Å². The second-order valence-corrected chi connectivity index (χ2v) is 8.74. The molecule has 27 heavy (non-hydrogen) atoms. The van der Waals surface area contributed by atoms with Crippen LogP contribution in [0.4, 0.5) is 0 Å². The number of hydrogen-bond donors (Lipinski definition) is 2. The molecule has 2 aliphatic rings. The summed E-state index contributed by atoms with van der Waals surface area (Å²) in [7, 11) is 0. The number of nitrogens with one attached hydrogen (secondary N) is 1. The number of phenols is 1. The normalized spacial score (nSPS) is 26.6. The highest BCUT2D eigenvalue weighted by Crippen LogP contribution is 2.38. The second kappa shape index (κ2) is 6.28. The maximum Gasteiger partial charge on any atom is 0.185 e. The molecule has 2 aromatic heterocycles. The molecular formula is C20H19N5OS. The number of aromatic hydroxyl groups is 1. The highest BCUT2D eigenvalue weighted by atomic mass is 32.2. The van der Waals surface area contributed by atoms with E-state index in [4.69, 9.17) is 0 Å². The third-order valence-electron chi connectivity index (χ3n) is 5.20. The van der Waals surface area contributed by atoms with Gasteiger partial charge in [0.15, 0.2) is 5.82 Å². The fourth-order valence-electron chi connectivity index (χ4n) is 3.96. The number of fused-ring (bicyclic) bond motifs is 3. The standard InChI is InChI=1S/C20H19N5OS/c1-20-4-2-14(23-20)8-15(9-20)27-18-11-22-19(25-24-18)16-6-12-3-5-21-10-13(12)7-17(16)26/h2-7,10-11,14-15,23,26H,8-9H2,1H3/t14?,15-,20+/m1/s1. The van der Waals surface area contributed by atoms with Crippen molar-refractivity contribution in [2.45, 2.75) is 41.6 Å². The van der Waals surface area contributed by atoms with Crippen molar-refractivity contribution in [2.75, 3.05) is 0 Å². The number of thioether (sulfide) groups is 1. The lowest BCUT2D eigenvalue weighted by Gasteiger charge is -2.35. The smallest absolute Gasteiger partial charge is 0.185 e. The number of hydrogen-bond acceptors (Lipinski definition) is 7. The van der Waals surface area contributed by atoms with Crippen LogP contribution in [-0.2, 0) is 0 Å². The van der Waals surface area contributed by atoms with Gasteiger partial charge >= 0.3 is 0 Å². The van der Waals surface area contributed by atoms with Crippen LogP contribution in [0.1, 0.15) is 19.8 Å². The highest BCUT2D eigenvalue weighted by molar-refractivity contribution is 7.99. The Labute approximate surface area is 161 Å². The van der Waals surface area contributed by atoms with E-state index in [1.54, 1.807) is 36.4 Å².